The van der Waals surface area contributed by atoms with Crippen LogP contribution >= 0.6 is 11.8 Å². The number of thioether (sulfide) groups is 1. The van der Waals surface area contributed by atoms with Crippen molar-refractivity contribution in [1.82, 2.24) is 14.9 Å². The predicted molar refractivity (Wildman–Crippen MR) is 208 cm³/mol. The molecular formula is C39H36FN7O4S2. The summed E-state index contributed by atoms with van der Waals surface area (Å²) in [7, 11) is -4.35. The fourth-order valence-corrected chi connectivity index (χ4v) is 8.21. The molecule has 0 spiro atoms. The lowest BCUT2D eigenvalue weighted by Gasteiger charge is -2.36. The van der Waals surface area contributed by atoms with Crippen LogP contribution in [0.3, 0.4) is 0 Å². The Morgan fingerprint density at radius 2 is 1.57 bits per heavy atom. The molecule has 1 aliphatic rings. The van der Waals surface area contributed by atoms with E-state index in [1.54, 1.807) is 17.8 Å². The summed E-state index contributed by atoms with van der Waals surface area (Å²) in [6.45, 7) is 3.83. The highest BCUT2D eigenvalue weighted by molar-refractivity contribution is 7.99. The minimum Gasteiger partial charge on any atom is -0.379 e. The molecule has 0 unspecified atom stereocenters. The molecule has 0 radical (unpaired) electrons. The third-order valence-corrected chi connectivity index (χ3v) is 11.4. The van der Waals surface area contributed by atoms with Gasteiger partial charge < -0.3 is 10.2 Å². The number of benzene rings is 5. The Hall–Kier alpha value is -5.57. The number of hydrogen-bond acceptors (Lipinski definition) is 10. The summed E-state index contributed by atoms with van der Waals surface area (Å²) in [5.41, 5.74) is 4.12. The third kappa shape index (κ3) is 8.40. The van der Waals surface area contributed by atoms with Gasteiger partial charge in [0, 0.05) is 61.4 Å². The molecule has 53 heavy (non-hydrogen) atoms. The van der Waals surface area contributed by atoms with Gasteiger partial charge in [-0.2, -0.15) is 0 Å². The number of nitrogens with zero attached hydrogens (tertiary/aromatic N) is 5. The Kier molecular flexibility index (Phi) is 10.8. The summed E-state index contributed by atoms with van der Waals surface area (Å²) < 4.78 is 45.1. The Balaban J connectivity index is 1.02. The first-order valence-corrected chi connectivity index (χ1v) is 19.5. The number of rotatable bonds is 13. The number of halogens is 1. The van der Waals surface area contributed by atoms with E-state index in [4.69, 9.17) is 0 Å². The normalized spacial score (nSPS) is 13.6. The molecule has 1 fully saturated rings. The molecule has 270 valence electrons. The second kappa shape index (κ2) is 16.0. The summed E-state index contributed by atoms with van der Waals surface area (Å²) >= 11 is 1.59. The maximum Gasteiger partial charge on any atom is 0.293 e. The van der Waals surface area contributed by atoms with Crippen molar-refractivity contribution in [2.75, 3.05) is 53.4 Å². The maximum atomic E-state index is 15.8. The first kappa shape index (κ1) is 35.8. The Morgan fingerprint density at radius 3 is 2.32 bits per heavy atom. The van der Waals surface area contributed by atoms with Gasteiger partial charge in [0.15, 0.2) is 5.82 Å². The number of sulfonamides is 1. The van der Waals surface area contributed by atoms with E-state index >= 15 is 4.39 Å². The van der Waals surface area contributed by atoms with Gasteiger partial charge in [0.1, 0.15) is 17.8 Å². The van der Waals surface area contributed by atoms with Crippen molar-refractivity contribution in [2.24, 2.45) is 0 Å². The summed E-state index contributed by atoms with van der Waals surface area (Å²) in [6, 6.07) is 34.9. The molecule has 0 amide bonds. The number of nitrogens with one attached hydrogen (secondary N) is 2. The average Bonchev–Trinajstić information content (AvgIpc) is 3.18. The summed E-state index contributed by atoms with van der Waals surface area (Å²) in [5.74, 6) is -0.0281. The molecule has 6 aromatic rings. The minimum absolute atomic E-state index is 0.134. The number of aromatic nitrogens is 2. The van der Waals surface area contributed by atoms with Gasteiger partial charge in [-0.1, -0.05) is 72.8 Å². The van der Waals surface area contributed by atoms with Crippen LogP contribution in [0, 0.1) is 15.9 Å². The van der Waals surface area contributed by atoms with Gasteiger partial charge in [-0.3, -0.25) is 19.7 Å². The van der Waals surface area contributed by atoms with Crippen molar-refractivity contribution in [3.05, 3.63) is 143 Å². The zero-order chi connectivity index (χ0) is 36.8. The summed E-state index contributed by atoms with van der Waals surface area (Å²) in [4.78, 5) is 24.8. The van der Waals surface area contributed by atoms with E-state index in [0.29, 0.717) is 36.6 Å². The topological polar surface area (TPSA) is 134 Å². The van der Waals surface area contributed by atoms with E-state index < -0.39 is 20.8 Å². The first-order chi connectivity index (χ1) is 25.7. The van der Waals surface area contributed by atoms with Crippen LogP contribution in [-0.4, -0.2) is 66.7 Å². The van der Waals surface area contributed by atoms with Gasteiger partial charge in [-0.05, 0) is 53.1 Å². The molecule has 0 bridgehead atoms. The van der Waals surface area contributed by atoms with Crippen molar-refractivity contribution in [2.45, 2.75) is 16.3 Å². The molecule has 7 rings (SSSR count). The minimum atomic E-state index is -4.35. The van der Waals surface area contributed by atoms with E-state index in [9.17, 15) is 18.5 Å². The van der Waals surface area contributed by atoms with Crippen LogP contribution in [0.25, 0.3) is 22.0 Å². The molecule has 11 nitrogen and oxygen atoms in total. The van der Waals surface area contributed by atoms with Gasteiger partial charge in [0.05, 0.1) is 21.0 Å². The van der Waals surface area contributed by atoms with Crippen LogP contribution in [-0.2, 0) is 16.6 Å². The molecule has 1 aromatic heterocycles. The highest BCUT2D eigenvalue weighted by Gasteiger charge is 2.25. The molecule has 1 saturated heterocycles. The van der Waals surface area contributed by atoms with Gasteiger partial charge in [-0.25, -0.2) is 22.8 Å². The zero-order valence-corrected chi connectivity index (χ0v) is 30.2. The van der Waals surface area contributed by atoms with Crippen LogP contribution in [0.15, 0.2) is 131 Å². The van der Waals surface area contributed by atoms with Crippen molar-refractivity contribution in [3.63, 3.8) is 0 Å². The molecule has 5 aromatic carbocycles. The first-order valence-electron chi connectivity index (χ1n) is 17.0. The van der Waals surface area contributed by atoms with Gasteiger partial charge >= 0.3 is 0 Å². The third-order valence-electron chi connectivity index (χ3n) is 9.05. The fraction of sp³-hybridized carbons (Fsp3) is 0.179. The van der Waals surface area contributed by atoms with Crippen LogP contribution in [0.5, 0.6) is 0 Å². The fourth-order valence-electron chi connectivity index (χ4n) is 6.37. The highest BCUT2D eigenvalue weighted by Crippen LogP contribution is 2.33. The largest absolute Gasteiger partial charge is 0.379 e. The van der Waals surface area contributed by atoms with Crippen molar-refractivity contribution in [3.8, 4) is 11.1 Å². The van der Waals surface area contributed by atoms with Crippen LogP contribution in [0.4, 0.5) is 27.3 Å². The van der Waals surface area contributed by atoms with Gasteiger partial charge in [-0.15, -0.1) is 11.8 Å². The van der Waals surface area contributed by atoms with E-state index in [-0.39, 0.29) is 27.5 Å². The Morgan fingerprint density at radius 1 is 0.849 bits per heavy atom. The van der Waals surface area contributed by atoms with Gasteiger partial charge in [0.2, 0.25) is 0 Å². The average molecular weight is 750 g/mol. The van der Waals surface area contributed by atoms with Gasteiger partial charge in [0.25, 0.3) is 15.7 Å². The lowest BCUT2D eigenvalue weighted by atomic mass is 9.99. The number of nitro benzene ring substituents is 1. The van der Waals surface area contributed by atoms with Crippen molar-refractivity contribution in [1.29, 1.82) is 0 Å². The second-order valence-corrected chi connectivity index (χ2v) is 15.3. The Bertz CT molecular complexity index is 2340. The smallest absolute Gasteiger partial charge is 0.293 e. The molecular weight excluding hydrogens is 714 g/mol. The maximum absolute atomic E-state index is 15.8. The van der Waals surface area contributed by atoms with Crippen molar-refractivity contribution < 1.29 is 17.7 Å². The predicted octanol–water partition coefficient (Wildman–Crippen LogP) is 7.67. The number of hydrogen-bond donors (Lipinski definition) is 2. The van der Waals surface area contributed by atoms with E-state index in [0.717, 1.165) is 30.6 Å². The van der Waals surface area contributed by atoms with Crippen LogP contribution in [0.1, 0.15) is 5.56 Å². The summed E-state index contributed by atoms with van der Waals surface area (Å²) in [5, 5.41) is 15.1. The Labute approximate surface area is 311 Å². The van der Waals surface area contributed by atoms with E-state index in [1.165, 1.54) is 41.2 Å². The SMILES string of the molecule is O=[N+]([O-])c1cc(S(=O)(=O)Nc2ncnc3cc(N4CCN(Cc5ccccc5-c5ccccc5)CC4)c(F)cc23)ccc1NCCSc1ccccc1. The lowest BCUT2D eigenvalue weighted by molar-refractivity contribution is -0.384. The van der Waals surface area contributed by atoms with Crippen LogP contribution in [0.2, 0.25) is 0 Å². The molecule has 0 saturated carbocycles. The molecule has 1 aliphatic heterocycles. The molecule has 2 heterocycles. The molecule has 2 N–H and O–H groups in total. The molecule has 0 atom stereocenters. The second-order valence-electron chi connectivity index (χ2n) is 12.5. The van der Waals surface area contributed by atoms with E-state index in [2.05, 4.69) is 49.2 Å². The molecule has 14 heteroatoms. The number of nitro groups is 1. The monoisotopic (exact) mass is 749 g/mol. The van der Waals surface area contributed by atoms with Crippen LogP contribution < -0.4 is 14.9 Å². The number of anilines is 3. The highest BCUT2D eigenvalue weighted by atomic mass is 32.2. The van der Waals surface area contributed by atoms with Crippen molar-refractivity contribution >= 4 is 55.6 Å². The van der Waals surface area contributed by atoms with E-state index in [1.807, 2.05) is 65.6 Å². The quantitative estimate of drug-likeness (QED) is 0.0525. The molecule has 0 aliphatic carbocycles. The lowest BCUT2D eigenvalue weighted by Crippen LogP contribution is -2.46. The number of fused-ring (bicyclic) bond motifs is 1. The zero-order valence-electron chi connectivity index (χ0n) is 28.6. The summed E-state index contributed by atoms with van der Waals surface area (Å²) in [6.07, 6.45) is 1.20. The number of piperazine rings is 1. The standard InChI is InChI=1S/C39H36FN7O4S2/c40-34-24-33-36(25-37(34)46-20-18-45(19-21-46)26-29-11-7-8-14-32(29)28-9-3-1-4-10-28)42-27-43-39(33)44-53(50,51)31-15-16-35(38(23-31)47(48)49)41-17-22-52-30-12-5-2-6-13-30/h1-16,23-25,27,41H,17-22,26H2,(H,42,43,44).